The summed E-state index contributed by atoms with van der Waals surface area (Å²) in [5.74, 6) is -1.03. The first-order valence-corrected chi connectivity index (χ1v) is 10.4. The Morgan fingerprint density at radius 2 is 1.87 bits per heavy atom. The highest BCUT2D eigenvalue weighted by Crippen LogP contribution is 2.49. The molecular weight excluding hydrogens is 502 g/mol. The number of carboxylic acid groups (broad SMARTS) is 1. The number of hydrogen-bond donors (Lipinski definition) is 3. The van der Waals surface area contributed by atoms with E-state index in [2.05, 4.69) is 15.9 Å². The average Bonchev–Trinajstić information content (AvgIpc) is 2.89. The first-order valence-electron chi connectivity index (χ1n) is 8.11. The quantitative estimate of drug-likeness (QED) is 0.521. The number of halogens is 5. The van der Waals surface area contributed by atoms with Gasteiger partial charge in [-0.2, -0.15) is 13.2 Å². The normalized spacial score (nSPS) is 18.7. The SMILES string of the molecule is O=C(O)NC1CC(O)c2c(S(=O)(=O)C(F)(F)F)ccc(Oc3cc(F)cc(Br)c3)c21. The molecule has 30 heavy (non-hydrogen) atoms. The summed E-state index contributed by atoms with van der Waals surface area (Å²) in [5, 5.41) is 21.3. The van der Waals surface area contributed by atoms with Gasteiger partial charge in [-0.05, 0) is 24.3 Å². The molecule has 2 atom stereocenters. The van der Waals surface area contributed by atoms with Crippen molar-refractivity contribution in [3.05, 3.63) is 51.7 Å². The van der Waals surface area contributed by atoms with Gasteiger partial charge in [0, 0.05) is 28.1 Å². The summed E-state index contributed by atoms with van der Waals surface area (Å²) in [4.78, 5) is 9.88. The predicted molar refractivity (Wildman–Crippen MR) is 97.3 cm³/mol. The molecule has 2 unspecified atom stereocenters. The first kappa shape index (κ1) is 22.3. The number of aliphatic hydroxyl groups is 1. The number of fused-ring (bicyclic) bond motifs is 1. The lowest BCUT2D eigenvalue weighted by Crippen LogP contribution is -2.26. The van der Waals surface area contributed by atoms with Crippen molar-refractivity contribution in [3.63, 3.8) is 0 Å². The molecule has 0 spiro atoms. The number of rotatable bonds is 4. The average molecular weight is 514 g/mol. The largest absolute Gasteiger partial charge is 0.501 e. The van der Waals surface area contributed by atoms with E-state index in [0.29, 0.717) is 6.07 Å². The number of amides is 1. The Labute approximate surface area is 175 Å². The van der Waals surface area contributed by atoms with Crippen LogP contribution in [0.5, 0.6) is 11.5 Å². The maximum atomic E-state index is 13.6. The van der Waals surface area contributed by atoms with E-state index in [1.165, 1.54) is 6.07 Å². The smallest absolute Gasteiger partial charge is 0.465 e. The van der Waals surface area contributed by atoms with Gasteiger partial charge in [-0.3, -0.25) is 0 Å². The molecular formula is C17H12BrF4NO6S. The van der Waals surface area contributed by atoms with Crippen LogP contribution in [0, 0.1) is 5.82 Å². The second kappa shape index (κ2) is 7.71. The molecule has 0 bridgehead atoms. The number of sulfone groups is 1. The summed E-state index contributed by atoms with van der Waals surface area (Å²) < 4.78 is 82.7. The number of alkyl halides is 3. The molecule has 1 amide bonds. The summed E-state index contributed by atoms with van der Waals surface area (Å²) in [6, 6.07) is 3.66. The van der Waals surface area contributed by atoms with Crippen molar-refractivity contribution in [2.45, 2.75) is 29.0 Å². The lowest BCUT2D eigenvalue weighted by atomic mass is 10.1. The molecule has 2 aromatic carbocycles. The summed E-state index contributed by atoms with van der Waals surface area (Å²) >= 11 is 3.05. The highest BCUT2D eigenvalue weighted by Gasteiger charge is 2.50. The van der Waals surface area contributed by atoms with Crippen LogP contribution in [0.2, 0.25) is 0 Å². The molecule has 7 nitrogen and oxygen atoms in total. The van der Waals surface area contributed by atoms with Gasteiger partial charge in [-0.25, -0.2) is 17.6 Å². The Morgan fingerprint density at radius 3 is 2.43 bits per heavy atom. The van der Waals surface area contributed by atoms with Crippen LogP contribution in [0.1, 0.15) is 29.7 Å². The van der Waals surface area contributed by atoms with Crippen molar-refractivity contribution in [2.24, 2.45) is 0 Å². The molecule has 2 aromatic rings. The van der Waals surface area contributed by atoms with E-state index in [9.17, 15) is 35.9 Å². The summed E-state index contributed by atoms with van der Waals surface area (Å²) in [7, 11) is -5.85. The molecule has 0 saturated heterocycles. The number of aliphatic hydroxyl groups excluding tert-OH is 1. The van der Waals surface area contributed by atoms with E-state index in [4.69, 9.17) is 9.84 Å². The fraction of sp³-hybridized carbons (Fsp3) is 0.235. The minimum Gasteiger partial charge on any atom is -0.465 e. The summed E-state index contributed by atoms with van der Waals surface area (Å²) in [5.41, 5.74) is -6.55. The number of benzene rings is 2. The molecule has 0 aromatic heterocycles. The van der Waals surface area contributed by atoms with Crippen molar-refractivity contribution < 1.29 is 45.7 Å². The van der Waals surface area contributed by atoms with Crippen LogP contribution in [0.25, 0.3) is 0 Å². The standard InChI is InChI=1S/C17H12BrF4NO6S/c18-7-3-8(19)5-9(4-7)29-12-1-2-13(30(27,28)17(20,21)22)15-11(24)6-10(14(12)15)23-16(25)26/h1-5,10-11,23-24H,6H2,(H,25,26). The number of ether oxygens (including phenoxy) is 1. The molecule has 1 aliphatic rings. The van der Waals surface area contributed by atoms with Crippen LogP contribution in [-0.2, 0) is 9.84 Å². The van der Waals surface area contributed by atoms with Crippen LogP contribution in [0.15, 0.2) is 39.7 Å². The molecule has 0 radical (unpaired) electrons. The lowest BCUT2D eigenvalue weighted by molar-refractivity contribution is -0.0437. The number of carbonyl (C=O) groups is 1. The summed E-state index contributed by atoms with van der Waals surface area (Å²) in [6.45, 7) is 0. The van der Waals surface area contributed by atoms with E-state index < -0.39 is 56.3 Å². The zero-order valence-electron chi connectivity index (χ0n) is 14.6. The highest BCUT2D eigenvalue weighted by atomic mass is 79.9. The second-order valence-corrected chi connectivity index (χ2v) is 9.12. The van der Waals surface area contributed by atoms with Crippen molar-refractivity contribution in [3.8, 4) is 11.5 Å². The van der Waals surface area contributed by atoms with E-state index in [1.54, 1.807) is 0 Å². The maximum Gasteiger partial charge on any atom is 0.501 e. The van der Waals surface area contributed by atoms with Crippen molar-refractivity contribution in [1.82, 2.24) is 5.32 Å². The Kier molecular flexibility index (Phi) is 5.73. The highest BCUT2D eigenvalue weighted by molar-refractivity contribution is 9.10. The topological polar surface area (TPSA) is 113 Å². The van der Waals surface area contributed by atoms with Gasteiger partial charge in [0.15, 0.2) is 0 Å². The third kappa shape index (κ3) is 4.09. The van der Waals surface area contributed by atoms with Crippen LogP contribution < -0.4 is 10.1 Å². The van der Waals surface area contributed by atoms with Gasteiger partial charge in [-0.1, -0.05) is 15.9 Å². The first-order chi connectivity index (χ1) is 13.8. The monoisotopic (exact) mass is 513 g/mol. The van der Waals surface area contributed by atoms with Gasteiger partial charge in [0.2, 0.25) is 0 Å². The Balaban J connectivity index is 2.21. The van der Waals surface area contributed by atoms with Crippen molar-refractivity contribution >= 4 is 31.9 Å². The van der Waals surface area contributed by atoms with Gasteiger partial charge in [0.05, 0.1) is 17.0 Å². The maximum absolute atomic E-state index is 13.6. The van der Waals surface area contributed by atoms with Crippen LogP contribution in [-0.4, -0.2) is 30.2 Å². The third-order valence-corrected chi connectivity index (χ3v) is 6.31. The minimum atomic E-state index is -5.85. The predicted octanol–water partition coefficient (Wildman–Crippen LogP) is 4.42. The molecule has 0 aliphatic heterocycles. The second-order valence-electron chi connectivity index (χ2n) is 6.30. The van der Waals surface area contributed by atoms with E-state index in [0.717, 1.165) is 18.2 Å². The van der Waals surface area contributed by atoms with Gasteiger partial charge >= 0.3 is 11.6 Å². The lowest BCUT2D eigenvalue weighted by Gasteiger charge is -2.19. The van der Waals surface area contributed by atoms with Crippen LogP contribution in [0.4, 0.5) is 22.4 Å². The van der Waals surface area contributed by atoms with Crippen LogP contribution >= 0.6 is 15.9 Å². The van der Waals surface area contributed by atoms with Gasteiger partial charge in [0.25, 0.3) is 9.84 Å². The zero-order chi connectivity index (χ0) is 22.4. The van der Waals surface area contributed by atoms with E-state index in [-0.39, 0.29) is 21.5 Å². The van der Waals surface area contributed by atoms with Gasteiger partial charge < -0.3 is 20.3 Å². The number of hydrogen-bond acceptors (Lipinski definition) is 5. The summed E-state index contributed by atoms with van der Waals surface area (Å²) in [6.07, 6.45) is -3.69. The molecule has 0 saturated carbocycles. The Hall–Kier alpha value is -2.38. The van der Waals surface area contributed by atoms with Gasteiger partial charge in [-0.15, -0.1) is 0 Å². The van der Waals surface area contributed by atoms with E-state index in [1.807, 2.05) is 5.32 Å². The van der Waals surface area contributed by atoms with Crippen molar-refractivity contribution in [2.75, 3.05) is 0 Å². The van der Waals surface area contributed by atoms with Gasteiger partial charge in [0.1, 0.15) is 17.3 Å². The molecule has 3 rings (SSSR count). The molecule has 0 fully saturated rings. The number of nitrogens with one attached hydrogen (secondary N) is 1. The molecule has 13 heteroatoms. The molecule has 162 valence electrons. The van der Waals surface area contributed by atoms with E-state index >= 15 is 0 Å². The van der Waals surface area contributed by atoms with Crippen LogP contribution in [0.3, 0.4) is 0 Å². The molecule has 1 aliphatic carbocycles. The Bertz CT molecular complexity index is 1100. The Morgan fingerprint density at radius 1 is 1.20 bits per heavy atom. The zero-order valence-corrected chi connectivity index (χ0v) is 17.0. The fourth-order valence-corrected chi connectivity index (χ4v) is 4.68. The van der Waals surface area contributed by atoms with Crippen molar-refractivity contribution in [1.29, 1.82) is 0 Å². The fourth-order valence-electron chi connectivity index (χ4n) is 3.20. The molecule has 3 N–H and O–H groups in total. The molecule has 0 heterocycles. The minimum absolute atomic E-state index is 0.0917. The third-order valence-electron chi connectivity index (χ3n) is 4.30.